The van der Waals surface area contributed by atoms with Gasteiger partial charge in [0.25, 0.3) is 0 Å². The van der Waals surface area contributed by atoms with E-state index < -0.39 is 0 Å². The van der Waals surface area contributed by atoms with Crippen molar-refractivity contribution < 1.29 is 4.79 Å². The fraction of sp³-hybridized carbons (Fsp3) is 0.529. The van der Waals surface area contributed by atoms with E-state index >= 15 is 0 Å². The molecule has 0 saturated heterocycles. The molecule has 0 aliphatic heterocycles. The quantitative estimate of drug-likeness (QED) is 0.369. The molecule has 2 atom stereocenters. The van der Waals surface area contributed by atoms with E-state index in [0.717, 1.165) is 29.5 Å². The molecule has 23 heavy (non-hydrogen) atoms. The number of aliphatic imine (C=N–C) groups is 1. The van der Waals surface area contributed by atoms with Gasteiger partial charge in [0.15, 0.2) is 5.96 Å². The normalized spacial score (nSPS) is 19.5. The van der Waals surface area contributed by atoms with Gasteiger partial charge in [-0.1, -0.05) is 26.0 Å². The highest BCUT2D eigenvalue weighted by molar-refractivity contribution is 14.0. The lowest BCUT2D eigenvalue weighted by atomic mass is 10.2. The van der Waals surface area contributed by atoms with E-state index in [1.807, 2.05) is 31.2 Å². The van der Waals surface area contributed by atoms with Gasteiger partial charge in [-0.05, 0) is 36.5 Å². The van der Waals surface area contributed by atoms with Crippen LogP contribution in [-0.2, 0) is 11.3 Å². The summed E-state index contributed by atoms with van der Waals surface area (Å²) in [7, 11) is 1.78. The van der Waals surface area contributed by atoms with Crippen molar-refractivity contribution in [2.75, 3.05) is 12.4 Å². The van der Waals surface area contributed by atoms with E-state index in [0.29, 0.717) is 19.0 Å². The van der Waals surface area contributed by atoms with Gasteiger partial charge in [-0.3, -0.25) is 9.79 Å². The van der Waals surface area contributed by atoms with Gasteiger partial charge in [0.2, 0.25) is 5.91 Å². The maximum atomic E-state index is 11.6. The predicted molar refractivity (Wildman–Crippen MR) is 106 cm³/mol. The van der Waals surface area contributed by atoms with Crippen LogP contribution in [0.3, 0.4) is 0 Å². The summed E-state index contributed by atoms with van der Waals surface area (Å²) in [6.07, 6.45) is 2.62. The lowest BCUT2D eigenvalue weighted by Gasteiger charge is -2.12. The number of carbonyl (C=O) groups excluding carboxylic acids is 1. The molecule has 128 valence electrons. The lowest BCUT2D eigenvalue weighted by Crippen LogP contribution is -2.38. The van der Waals surface area contributed by atoms with Crippen molar-refractivity contribution >= 4 is 41.5 Å². The van der Waals surface area contributed by atoms with E-state index in [4.69, 9.17) is 0 Å². The van der Waals surface area contributed by atoms with Crippen molar-refractivity contribution in [3.05, 3.63) is 29.8 Å². The van der Waals surface area contributed by atoms with E-state index in [1.54, 1.807) is 7.05 Å². The molecule has 0 bridgehead atoms. The van der Waals surface area contributed by atoms with Gasteiger partial charge in [-0.2, -0.15) is 0 Å². The van der Waals surface area contributed by atoms with Crippen molar-refractivity contribution in [3.63, 3.8) is 0 Å². The Balaban J connectivity index is 0.00000264. The SMILES string of the molecule is CCCC(=O)Nc1cccc(CNC(=NC)NC2CC2C)c1.I. The van der Waals surface area contributed by atoms with Crippen molar-refractivity contribution in [1.82, 2.24) is 10.6 Å². The Morgan fingerprint density at radius 1 is 1.39 bits per heavy atom. The van der Waals surface area contributed by atoms with Crippen molar-refractivity contribution in [3.8, 4) is 0 Å². The first-order chi connectivity index (χ1) is 10.6. The molecule has 1 saturated carbocycles. The fourth-order valence-corrected chi connectivity index (χ4v) is 2.29. The highest BCUT2D eigenvalue weighted by Gasteiger charge is 2.33. The number of hydrogen-bond donors (Lipinski definition) is 3. The standard InChI is InChI=1S/C17H26N4O.HI/c1-4-6-16(22)20-14-8-5-7-13(10-14)11-19-17(18-3)21-15-9-12(15)2;/h5,7-8,10,12,15H,4,6,9,11H2,1-3H3,(H,20,22)(H2,18,19,21);1H. The summed E-state index contributed by atoms with van der Waals surface area (Å²) in [6.45, 7) is 4.91. The first kappa shape index (κ1) is 19.7. The summed E-state index contributed by atoms with van der Waals surface area (Å²) >= 11 is 0. The molecule has 5 nitrogen and oxygen atoms in total. The number of benzene rings is 1. The van der Waals surface area contributed by atoms with E-state index in [2.05, 4.69) is 27.9 Å². The van der Waals surface area contributed by atoms with Crippen LogP contribution < -0.4 is 16.0 Å². The van der Waals surface area contributed by atoms with Gasteiger partial charge >= 0.3 is 0 Å². The predicted octanol–water partition coefficient (Wildman–Crippen LogP) is 3.12. The summed E-state index contributed by atoms with van der Waals surface area (Å²) in [4.78, 5) is 15.9. The minimum atomic E-state index is 0. The molecule has 1 aromatic rings. The zero-order valence-electron chi connectivity index (χ0n) is 14.1. The van der Waals surface area contributed by atoms with Gasteiger partial charge in [-0.25, -0.2) is 0 Å². The summed E-state index contributed by atoms with van der Waals surface area (Å²) in [5, 5.41) is 9.62. The molecular weight excluding hydrogens is 403 g/mol. The number of hydrogen-bond acceptors (Lipinski definition) is 2. The summed E-state index contributed by atoms with van der Waals surface area (Å²) in [5.41, 5.74) is 1.96. The molecule has 1 aliphatic carbocycles. The minimum Gasteiger partial charge on any atom is -0.353 e. The van der Waals surface area contributed by atoms with Crippen molar-refractivity contribution in [1.29, 1.82) is 0 Å². The van der Waals surface area contributed by atoms with Gasteiger partial charge in [0.05, 0.1) is 0 Å². The summed E-state index contributed by atoms with van der Waals surface area (Å²) in [5.74, 6) is 1.62. The third-order valence-electron chi connectivity index (χ3n) is 3.80. The van der Waals surface area contributed by atoms with E-state index in [1.165, 1.54) is 6.42 Å². The highest BCUT2D eigenvalue weighted by Crippen LogP contribution is 2.28. The Morgan fingerprint density at radius 3 is 2.74 bits per heavy atom. The molecule has 0 aromatic heterocycles. The molecule has 6 heteroatoms. The molecule has 1 fully saturated rings. The van der Waals surface area contributed by atoms with Crippen molar-refractivity contribution in [2.45, 2.75) is 45.7 Å². The average Bonchev–Trinajstić information content (AvgIpc) is 3.19. The smallest absolute Gasteiger partial charge is 0.224 e. The topological polar surface area (TPSA) is 65.5 Å². The first-order valence-electron chi connectivity index (χ1n) is 7.98. The minimum absolute atomic E-state index is 0. The largest absolute Gasteiger partial charge is 0.353 e. The molecule has 0 heterocycles. The molecule has 0 radical (unpaired) electrons. The Morgan fingerprint density at radius 2 is 2.13 bits per heavy atom. The summed E-state index contributed by atoms with van der Waals surface area (Å²) < 4.78 is 0. The number of rotatable bonds is 6. The second kappa shape index (κ2) is 9.75. The number of halogens is 1. The molecule has 1 aliphatic rings. The molecular formula is C17H27IN4O. The second-order valence-corrected chi connectivity index (χ2v) is 5.89. The lowest BCUT2D eigenvalue weighted by molar-refractivity contribution is -0.116. The van der Waals surface area contributed by atoms with Crippen LogP contribution in [0.25, 0.3) is 0 Å². The van der Waals surface area contributed by atoms with Gasteiger partial charge in [0, 0.05) is 31.7 Å². The Bertz CT molecular complexity index is 547. The number of carbonyl (C=O) groups is 1. The number of anilines is 1. The molecule has 2 rings (SSSR count). The van der Waals surface area contributed by atoms with Crippen LogP contribution >= 0.6 is 24.0 Å². The highest BCUT2D eigenvalue weighted by atomic mass is 127. The van der Waals surface area contributed by atoms with Crippen LogP contribution in [0.1, 0.15) is 38.7 Å². The van der Waals surface area contributed by atoms with Crippen LogP contribution in [0.15, 0.2) is 29.3 Å². The zero-order valence-corrected chi connectivity index (χ0v) is 16.4. The Kier molecular flexibility index (Phi) is 8.36. The summed E-state index contributed by atoms with van der Waals surface area (Å²) in [6, 6.07) is 8.45. The van der Waals surface area contributed by atoms with Crippen LogP contribution in [0, 0.1) is 5.92 Å². The van der Waals surface area contributed by atoms with Crippen molar-refractivity contribution in [2.24, 2.45) is 10.9 Å². The number of nitrogens with one attached hydrogen (secondary N) is 3. The monoisotopic (exact) mass is 430 g/mol. The average molecular weight is 430 g/mol. The molecule has 1 aromatic carbocycles. The molecule has 2 unspecified atom stereocenters. The van der Waals surface area contributed by atoms with Gasteiger partial charge in [0.1, 0.15) is 0 Å². The third kappa shape index (κ3) is 6.76. The third-order valence-corrected chi connectivity index (χ3v) is 3.80. The Hall–Kier alpha value is -1.31. The van der Waals surface area contributed by atoms with Gasteiger partial charge in [-0.15, -0.1) is 24.0 Å². The molecule has 3 N–H and O–H groups in total. The number of nitrogens with zero attached hydrogens (tertiary/aromatic N) is 1. The second-order valence-electron chi connectivity index (χ2n) is 5.89. The zero-order chi connectivity index (χ0) is 15.9. The number of amides is 1. The van der Waals surface area contributed by atoms with Crippen LogP contribution in [0.2, 0.25) is 0 Å². The van der Waals surface area contributed by atoms with Crippen LogP contribution in [0.5, 0.6) is 0 Å². The Labute approximate surface area is 155 Å². The first-order valence-corrected chi connectivity index (χ1v) is 7.98. The molecule has 0 spiro atoms. The van der Waals surface area contributed by atoms with Crippen LogP contribution in [0.4, 0.5) is 5.69 Å². The maximum Gasteiger partial charge on any atom is 0.224 e. The molecule has 1 amide bonds. The van der Waals surface area contributed by atoms with Gasteiger partial charge < -0.3 is 16.0 Å². The van der Waals surface area contributed by atoms with E-state index in [9.17, 15) is 4.79 Å². The van der Waals surface area contributed by atoms with Crippen LogP contribution in [-0.4, -0.2) is 25.0 Å². The van der Waals surface area contributed by atoms with E-state index in [-0.39, 0.29) is 29.9 Å². The maximum absolute atomic E-state index is 11.6. The fourth-order valence-electron chi connectivity index (χ4n) is 2.29. The number of guanidine groups is 1.